The number of aliphatic imine (C=N–C) groups is 1. The first-order chi connectivity index (χ1) is 13.5. The van der Waals surface area contributed by atoms with Crippen molar-refractivity contribution < 1.29 is 23.0 Å². The predicted octanol–water partition coefficient (Wildman–Crippen LogP) is 3.03. The molecule has 0 saturated carbocycles. The topological polar surface area (TPSA) is 84.0 Å². The molecule has 7 nitrogen and oxygen atoms in total. The second-order valence-electron chi connectivity index (χ2n) is 6.38. The van der Waals surface area contributed by atoms with Crippen LogP contribution in [0.5, 0.6) is 11.5 Å². The Labute approximate surface area is 187 Å². The minimum absolute atomic E-state index is 0. The summed E-state index contributed by atoms with van der Waals surface area (Å²) in [5.41, 5.74) is 0.526. The van der Waals surface area contributed by atoms with Crippen molar-refractivity contribution in [2.75, 3.05) is 19.7 Å². The molecule has 0 radical (unpaired) electrons. The number of hydrogen-bond acceptors (Lipinski definition) is 4. The van der Waals surface area contributed by atoms with Crippen LogP contribution < -0.4 is 25.4 Å². The highest BCUT2D eigenvalue weighted by molar-refractivity contribution is 14.0. The van der Waals surface area contributed by atoms with E-state index in [1.165, 1.54) is 6.07 Å². The smallest absolute Gasteiger partial charge is 0.387 e. The van der Waals surface area contributed by atoms with Crippen LogP contribution in [0.3, 0.4) is 0 Å². The van der Waals surface area contributed by atoms with Crippen molar-refractivity contribution in [2.24, 2.45) is 4.99 Å². The zero-order valence-electron chi connectivity index (χ0n) is 16.7. The van der Waals surface area contributed by atoms with Gasteiger partial charge < -0.3 is 25.4 Å². The van der Waals surface area contributed by atoms with Crippen molar-refractivity contribution in [1.82, 2.24) is 16.0 Å². The van der Waals surface area contributed by atoms with E-state index in [-0.39, 0.29) is 48.2 Å². The molecule has 1 fully saturated rings. The zero-order chi connectivity index (χ0) is 20.4. The van der Waals surface area contributed by atoms with E-state index in [2.05, 4.69) is 25.7 Å². The number of alkyl halides is 2. The average molecular weight is 526 g/mol. The van der Waals surface area contributed by atoms with E-state index in [9.17, 15) is 13.6 Å². The average Bonchev–Trinajstić information content (AvgIpc) is 2.67. The summed E-state index contributed by atoms with van der Waals surface area (Å²) < 4.78 is 35.7. The number of ether oxygens (including phenoxy) is 2. The lowest BCUT2D eigenvalue weighted by Gasteiger charge is -2.25. The molecule has 0 aromatic heterocycles. The number of piperidine rings is 1. The molecular weight excluding hydrogens is 497 g/mol. The Hall–Kier alpha value is -1.85. The highest BCUT2D eigenvalue weighted by atomic mass is 127. The maximum absolute atomic E-state index is 12.8. The van der Waals surface area contributed by atoms with Gasteiger partial charge in [-0.15, -0.1) is 24.0 Å². The van der Waals surface area contributed by atoms with Crippen LogP contribution in [0.2, 0.25) is 0 Å². The van der Waals surface area contributed by atoms with Crippen LogP contribution >= 0.6 is 24.0 Å². The van der Waals surface area contributed by atoms with Gasteiger partial charge in [0.1, 0.15) is 11.5 Å². The number of carbonyl (C=O) groups is 1. The van der Waals surface area contributed by atoms with Crippen LogP contribution in [0, 0.1) is 0 Å². The molecule has 2 rings (SSSR count). The monoisotopic (exact) mass is 526 g/mol. The van der Waals surface area contributed by atoms with Gasteiger partial charge in [0.2, 0.25) is 5.91 Å². The van der Waals surface area contributed by atoms with Crippen LogP contribution in [0.1, 0.15) is 38.7 Å². The van der Waals surface area contributed by atoms with Crippen molar-refractivity contribution >= 4 is 35.8 Å². The number of rotatable bonds is 9. The second-order valence-corrected chi connectivity index (χ2v) is 6.38. The Morgan fingerprint density at radius 2 is 2.17 bits per heavy atom. The predicted molar refractivity (Wildman–Crippen MR) is 118 cm³/mol. The second kappa shape index (κ2) is 13.4. The number of benzene rings is 1. The molecule has 10 heteroatoms. The normalized spacial score (nSPS) is 16.7. The summed E-state index contributed by atoms with van der Waals surface area (Å²) >= 11 is 0. The highest BCUT2D eigenvalue weighted by Crippen LogP contribution is 2.27. The van der Waals surface area contributed by atoms with Crippen molar-refractivity contribution in [3.05, 3.63) is 23.8 Å². The molecule has 29 heavy (non-hydrogen) atoms. The van der Waals surface area contributed by atoms with E-state index in [1.54, 1.807) is 12.1 Å². The minimum atomic E-state index is -2.93. The molecular formula is C19H29F2IN4O3. The van der Waals surface area contributed by atoms with Gasteiger partial charge in [-0.05, 0) is 31.9 Å². The quantitative estimate of drug-likeness (QED) is 0.262. The van der Waals surface area contributed by atoms with Crippen molar-refractivity contribution in [1.29, 1.82) is 0 Å². The molecule has 0 aliphatic carbocycles. The van der Waals surface area contributed by atoms with Gasteiger partial charge in [0, 0.05) is 37.2 Å². The molecule has 1 heterocycles. The SMILES string of the molecule is CCCOc1ccc(CN=C(NCC)NC2CCC(=O)NC2)c(OC(F)F)c1.I. The first kappa shape index (κ1) is 25.2. The van der Waals surface area contributed by atoms with Gasteiger partial charge in [-0.2, -0.15) is 8.78 Å². The van der Waals surface area contributed by atoms with E-state index >= 15 is 0 Å². The third-order valence-electron chi connectivity index (χ3n) is 4.09. The summed E-state index contributed by atoms with van der Waals surface area (Å²) in [5, 5.41) is 9.19. The molecule has 1 amide bonds. The third kappa shape index (κ3) is 9.01. The molecule has 1 saturated heterocycles. The zero-order valence-corrected chi connectivity index (χ0v) is 19.0. The van der Waals surface area contributed by atoms with Crippen LogP contribution in [-0.4, -0.2) is 44.2 Å². The summed E-state index contributed by atoms with van der Waals surface area (Å²) in [5.74, 6) is 1.12. The molecule has 1 aromatic rings. The molecule has 3 N–H and O–H groups in total. The molecule has 1 atom stereocenters. The van der Waals surface area contributed by atoms with Gasteiger partial charge in [-0.3, -0.25) is 4.79 Å². The fourth-order valence-corrected chi connectivity index (χ4v) is 2.71. The first-order valence-electron chi connectivity index (χ1n) is 9.53. The molecule has 164 valence electrons. The molecule has 1 aliphatic rings. The number of halogens is 3. The summed E-state index contributed by atoms with van der Waals surface area (Å²) in [6, 6.07) is 4.92. The number of carbonyl (C=O) groups excluding carboxylic acids is 1. The lowest BCUT2D eigenvalue weighted by atomic mass is 10.1. The summed E-state index contributed by atoms with van der Waals surface area (Å²) in [6.45, 7) is 2.79. The van der Waals surface area contributed by atoms with E-state index in [0.717, 1.165) is 6.42 Å². The third-order valence-corrected chi connectivity index (χ3v) is 4.09. The largest absolute Gasteiger partial charge is 0.493 e. The van der Waals surface area contributed by atoms with Gasteiger partial charge in [0.05, 0.1) is 13.2 Å². The van der Waals surface area contributed by atoms with E-state index < -0.39 is 6.61 Å². The Morgan fingerprint density at radius 1 is 1.38 bits per heavy atom. The standard InChI is InChI=1S/C19H28F2N4O3.HI/c1-3-9-27-15-7-5-13(16(10-15)28-18(20)21)11-24-19(22-4-2)25-14-6-8-17(26)23-12-14;/h5,7,10,14,18H,3-4,6,8-9,11-12H2,1-2H3,(H,23,26)(H2,22,24,25);1H. The molecule has 0 bridgehead atoms. The van der Waals surface area contributed by atoms with Gasteiger partial charge >= 0.3 is 6.61 Å². The number of guanidine groups is 1. The van der Waals surface area contributed by atoms with E-state index in [4.69, 9.17) is 4.74 Å². The Balaban J connectivity index is 0.00000420. The van der Waals surface area contributed by atoms with Gasteiger partial charge in [0.15, 0.2) is 5.96 Å². The minimum Gasteiger partial charge on any atom is -0.493 e. The van der Waals surface area contributed by atoms with Crippen molar-refractivity contribution in [3.8, 4) is 11.5 Å². The first-order valence-corrected chi connectivity index (χ1v) is 9.53. The Kier molecular flexibility index (Phi) is 11.6. The van der Waals surface area contributed by atoms with Gasteiger partial charge in [-0.25, -0.2) is 4.99 Å². The summed E-state index contributed by atoms with van der Waals surface area (Å²) in [6.07, 6.45) is 1.98. The molecule has 1 unspecified atom stereocenters. The van der Waals surface area contributed by atoms with E-state index in [0.29, 0.717) is 49.8 Å². The maximum atomic E-state index is 12.8. The Bertz CT molecular complexity index is 667. The fraction of sp³-hybridized carbons (Fsp3) is 0.579. The number of amides is 1. The number of hydrogen-bond donors (Lipinski definition) is 3. The molecule has 1 aromatic carbocycles. The number of nitrogens with one attached hydrogen (secondary N) is 3. The fourth-order valence-electron chi connectivity index (χ4n) is 2.71. The van der Waals surface area contributed by atoms with Crippen molar-refractivity contribution in [2.45, 2.75) is 52.3 Å². The van der Waals surface area contributed by atoms with Crippen LogP contribution in [0.4, 0.5) is 8.78 Å². The molecule has 1 aliphatic heterocycles. The summed E-state index contributed by atoms with van der Waals surface area (Å²) in [7, 11) is 0. The maximum Gasteiger partial charge on any atom is 0.387 e. The number of nitrogens with zero attached hydrogens (tertiary/aromatic N) is 1. The Morgan fingerprint density at radius 3 is 2.79 bits per heavy atom. The summed E-state index contributed by atoms with van der Waals surface area (Å²) in [4.78, 5) is 15.8. The van der Waals surface area contributed by atoms with Crippen molar-refractivity contribution in [3.63, 3.8) is 0 Å². The lowest BCUT2D eigenvalue weighted by Crippen LogP contribution is -2.51. The van der Waals surface area contributed by atoms with Crippen LogP contribution in [-0.2, 0) is 11.3 Å². The van der Waals surface area contributed by atoms with Gasteiger partial charge in [0.25, 0.3) is 0 Å². The van der Waals surface area contributed by atoms with Crippen LogP contribution in [0.25, 0.3) is 0 Å². The van der Waals surface area contributed by atoms with Crippen LogP contribution in [0.15, 0.2) is 23.2 Å². The lowest BCUT2D eigenvalue weighted by molar-refractivity contribution is -0.122. The molecule has 0 spiro atoms. The van der Waals surface area contributed by atoms with Gasteiger partial charge in [-0.1, -0.05) is 6.92 Å². The van der Waals surface area contributed by atoms with E-state index in [1.807, 2.05) is 13.8 Å². The highest BCUT2D eigenvalue weighted by Gasteiger charge is 2.19.